The fraction of sp³-hybridized carbons (Fsp3) is 0.455. The number of aliphatic imine (C=N–C) groups is 1. The van der Waals surface area contributed by atoms with E-state index in [0.717, 1.165) is 0 Å². The number of nitrogens with one attached hydrogen (secondary N) is 1. The summed E-state index contributed by atoms with van der Waals surface area (Å²) in [5, 5.41) is 2.52. The number of rotatable bonds is 5. The summed E-state index contributed by atoms with van der Waals surface area (Å²) in [6.45, 7) is 3.12. The fourth-order valence-electron chi connectivity index (χ4n) is 1.06. The number of ether oxygens (including phenoxy) is 2. The Labute approximate surface area is 99.6 Å². The van der Waals surface area contributed by atoms with Gasteiger partial charge in [-0.25, -0.2) is 4.99 Å². The Morgan fingerprint density at radius 3 is 3.00 bits per heavy atom. The number of furan rings is 1. The van der Waals surface area contributed by atoms with Crippen LogP contribution in [0.4, 0.5) is 0 Å². The van der Waals surface area contributed by atoms with Gasteiger partial charge >= 0.3 is 0 Å². The zero-order valence-electron chi connectivity index (χ0n) is 9.93. The average Bonchev–Trinajstić information content (AvgIpc) is 2.83. The van der Waals surface area contributed by atoms with Crippen molar-refractivity contribution in [3.05, 3.63) is 24.2 Å². The lowest BCUT2D eigenvalue weighted by atomic mass is 10.4. The Balaban J connectivity index is 2.54. The molecule has 17 heavy (non-hydrogen) atoms. The first-order valence-electron chi connectivity index (χ1n) is 5.29. The minimum absolute atomic E-state index is 0.172. The number of amidine groups is 1. The first-order chi connectivity index (χ1) is 8.27. The predicted molar refractivity (Wildman–Crippen MR) is 62.0 cm³/mol. The molecule has 0 spiro atoms. The molecule has 1 heterocycles. The summed E-state index contributed by atoms with van der Waals surface area (Å²) in [7, 11) is 1.58. The Bertz CT molecular complexity index is 360. The van der Waals surface area contributed by atoms with E-state index < -0.39 is 0 Å². The van der Waals surface area contributed by atoms with Crippen molar-refractivity contribution in [2.24, 2.45) is 4.99 Å². The van der Waals surface area contributed by atoms with Gasteiger partial charge in [0.25, 0.3) is 11.9 Å². The van der Waals surface area contributed by atoms with Crippen LogP contribution >= 0.6 is 0 Å². The minimum atomic E-state index is -0.389. The van der Waals surface area contributed by atoms with Crippen molar-refractivity contribution >= 4 is 11.9 Å². The van der Waals surface area contributed by atoms with E-state index in [1.807, 2.05) is 6.92 Å². The van der Waals surface area contributed by atoms with Gasteiger partial charge in [0.1, 0.15) is 0 Å². The second kappa shape index (κ2) is 7.45. The number of nitrogens with zero attached hydrogens (tertiary/aromatic N) is 1. The Morgan fingerprint density at radius 1 is 1.59 bits per heavy atom. The first kappa shape index (κ1) is 13.2. The molecule has 0 aromatic carbocycles. The SMILES string of the molecule is CCOC(=NCCOC)NC(=O)c1ccco1. The molecular weight excluding hydrogens is 224 g/mol. The third-order valence-corrected chi connectivity index (χ3v) is 1.80. The molecule has 94 valence electrons. The van der Waals surface area contributed by atoms with Gasteiger partial charge in [0.2, 0.25) is 0 Å². The maximum Gasteiger partial charge on any atom is 0.294 e. The lowest BCUT2D eigenvalue weighted by molar-refractivity contribution is 0.0938. The molecule has 1 amide bonds. The number of carbonyl (C=O) groups is 1. The quantitative estimate of drug-likeness (QED) is 0.474. The van der Waals surface area contributed by atoms with Crippen LogP contribution in [0, 0.1) is 0 Å². The summed E-state index contributed by atoms with van der Waals surface area (Å²) in [6, 6.07) is 3.37. The Kier molecular flexibility index (Phi) is 5.81. The summed E-state index contributed by atoms with van der Waals surface area (Å²) in [5.74, 6) is -0.177. The first-order valence-corrected chi connectivity index (χ1v) is 5.29. The highest BCUT2D eigenvalue weighted by Crippen LogP contribution is 1.99. The predicted octanol–water partition coefficient (Wildman–Crippen LogP) is 1.05. The monoisotopic (exact) mass is 240 g/mol. The molecule has 6 heteroatoms. The molecule has 0 unspecified atom stereocenters. The molecule has 1 N–H and O–H groups in total. The van der Waals surface area contributed by atoms with Gasteiger partial charge < -0.3 is 13.9 Å². The molecule has 1 rings (SSSR count). The third kappa shape index (κ3) is 4.69. The van der Waals surface area contributed by atoms with Crippen molar-refractivity contribution in [3.63, 3.8) is 0 Å². The van der Waals surface area contributed by atoms with Crippen LogP contribution in [-0.2, 0) is 9.47 Å². The van der Waals surface area contributed by atoms with E-state index in [9.17, 15) is 4.79 Å². The zero-order chi connectivity index (χ0) is 12.5. The van der Waals surface area contributed by atoms with Gasteiger partial charge in [0.05, 0.1) is 26.0 Å². The molecule has 0 saturated carbocycles. The molecule has 0 aliphatic heterocycles. The molecule has 0 aliphatic rings. The maximum absolute atomic E-state index is 11.6. The number of hydrogen-bond acceptors (Lipinski definition) is 5. The molecule has 0 radical (unpaired) electrons. The van der Waals surface area contributed by atoms with E-state index in [4.69, 9.17) is 13.9 Å². The molecule has 1 aromatic heterocycles. The van der Waals surface area contributed by atoms with Crippen molar-refractivity contribution in [2.45, 2.75) is 6.92 Å². The van der Waals surface area contributed by atoms with Gasteiger partial charge in [0, 0.05) is 7.11 Å². The summed E-state index contributed by atoms with van der Waals surface area (Å²) in [5.41, 5.74) is 0. The van der Waals surface area contributed by atoms with E-state index in [0.29, 0.717) is 19.8 Å². The van der Waals surface area contributed by atoms with Crippen molar-refractivity contribution in [1.82, 2.24) is 5.32 Å². The number of carbonyl (C=O) groups excluding carboxylic acids is 1. The molecule has 6 nitrogen and oxygen atoms in total. The highest BCUT2D eigenvalue weighted by molar-refractivity contribution is 6.02. The van der Waals surface area contributed by atoms with Gasteiger partial charge in [-0.1, -0.05) is 0 Å². The van der Waals surface area contributed by atoms with Gasteiger partial charge in [0.15, 0.2) is 5.76 Å². The largest absolute Gasteiger partial charge is 0.465 e. The molecular formula is C11H16N2O4. The average molecular weight is 240 g/mol. The highest BCUT2D eigenvalue weighted by Gasteiger charge is 2.11. The standard InChI is InChI=1S/C11H16N2O4/c1-3-16-11(12-6-8-15-2)13-10(14)9-5-4-7-17-9/h4-5,7H,3,6,8H2,1-2H3,(H,12,13,14). The molecule has 1 aromatic rings. The van der Waals surface area contributed by atoms with E-state index in [1.54, 1.807) is 19.2 Å². The molecule has 0 saturated heterocycles. The summed E-state index contributed by atoms with van der Waals surface area (Å²) in [6.07, 6.45) is 1.43. The van der Waals surface area contributed by atoms with Crippen LogP contribution in [0.15, 0.2) is 27.8 Å². The van der Waals surface area contributed by atoms with E-state index in [2.05, 4.69) is 10.3 Å². The smallest absolute Gasteiger partial charge is 0.294 e. The number of hydrogen-bond donors (Lipinski definition) is 1. The van der Waals surface area contributed by atoms with Gasteiger partial charge in [-0.05, 0) is 19.1 Å². The van der Waals surface area contributed by atoms with Crippen LogP contribution in [0.3, 0.4) is 0 Å². The van der Waals surface area contributed by atoms with Crippen LogP contribution in [0.5, 0.6) is 0 Å². The van der Waals surface area contributed by atoms with Crippen molar-refractivity contribution in [1.29, 1.82) is 0 Å². The van der Waals surface area contributed by atoms with Crippen LogP contribution in [0.2, 0.25) is 0 Å². The minimum Gasteiger partial charge on any atom is -0.465 e. The second-order valence-electron chi connectivity index (χ2n) is 3.04. The van der Waals surface area contributed by atoms with E-state index in [-0.39, 0.29) is 17.7 Å². The highest BCUT2D eigenvalue weighted by atomic mass is 16.5. The van der Waals surface area contributed by atoms with Crippen LogP contribution in [0.1, 0.15) is 17.5 Å². The van der Waals surface area contributed by atoms with Crippen molar-refractivity contribution in [2.75, 3.05) is 26.9 Å². The number of methoxy groups -OCH3 is 1. The van der Waals surface area contributed by atoms with E-state index in [1.165, 1.54) is 6.26 Å². The van der Waals surface area contributed by atoms with Gasteiger partial charge in [-0.3, -0.25) is 10.1 Å². The zero-order valence-corrected chi connectivity index (χ0v) is 9.93. The third-order valence-electron chi connectivity index (χ3n) is 1.80. The molecule has 0 aliphatic carbocycles. The van der Waals surface area contributed by atoms with Crippen molar-refractivity contribution in [3.8, 4) is 0 Å². The van der Waals surface area contributed by atoms with Crippen LogP contribution < -0.4 is 5.32 Å². The fourth-order valence-corrected chi connectivity index (χ4v) is 1.06. The van der Waals surface area contributed by atoms with Crippen LogP contribution in [0.25, 0.3) is 0 Å². The lowest BCUT2D eigenvalue weighted by Gasteiger charge is -2.07. The second-order valence-corrected chi connectivity index (χ2v) is 3.04. The summed E-state index contributed by atoms with van der Waals surface area (Å²) in [4.78, 5) is 15.7. The van der Waals surface area contributed by atoms with Gasteiger partial charge in [-0.2, -0.15) is 0 Å². The molecule has 0 atom stereocenters. The Hall–Kier alpha value is -1.82. The van der Waals surface area contributed by atoms with Crippen LogP contribution in [-0.4, -0.2) is 38.8 Å². The van der Waals surface area contributed by atoms with Crippen molar-refractivity contribution < 1.29 is 18.7 Å². The topological polar surface area (TPSA) is 73.1 Å². The van der Waals surface area contributed by atoms with E-state index >= 15 is 0 Å². The van der Waals surface area contributed by atoms with Gasteiger partial charge in [-0.15, -0.1) is 0 Å². The Morgan fingerprint density at radius 2 is 2.41 bits per heavy atom. The summed E-state index contributed by atoms with van der Waals surface area (Å²) >= 11 is 0. The molecule has 0 fully saturated rings. The normalized spacial score (nSPS) is 11.3. The lowest BCUT2D eigenvalue weighted by Crippen LogP contribution is -2.32. The number of amides is 1. The maximum atomic E-state index is 11.6. The molecule has 0 bridgehead atoms. The summed E-state index contributed by atoms with van der Waals surface area (Å²) < 4.78 is 15.0.